The molecule has 2 aromatic rings. The van der Waals surface area contributed by atoms with Crippen molar-refractivity contribution in [2.75, 3.05) is 0 Å². The number of nitrogens with zero attached hydrogens (tertiary/aromatic N) is 3. The fraction of sp³-hybridized carbons (Fsp3) is 0.286. The molecule has 0 bridgehead atoms. The summed E-state index contributed by atoms with van der Waals surface area (Å²) < 4.78 is 1.47. The highest BCUT2D eigenvalue weighted by molar-refractivity contribution is 5.94. The van der Waals surface area contributed by atoms with E-state index in [9.17, 15) is 9.59 Å². The van der Waals surface area contributed by atoms with Crippen LogP contribution in [0.15, 0.2) is 30.5 Å². The molecule has 0 fully saturated rings. The van der Waals surface area contributed by atoms with Crippen LogP contribution < -0.4 is 5.32 Å². The van der Waals surface area contributed by atoms with Gasteiger partial charge in [-0.15, -0.1) is 5.10 Å². The largest absolute Gasteiger partial charge is 0.480 e. The Morgan fingerprint density at radius 3 is 2.57 bits per heavy atom. The van der Waals surface area contributed by atoms with Crippen LogP contribution in [0.5, 0.6) is 0 Å². The molecule has 21 heavy (non-hydrogen) atoms. The minimum Gasteiger partial charge on any atom is -0.480 e. The summed E-state index contributed by atoms with van der Waals surface area (Å²) in [4.78, 5) is 22.8. The number of carbonyl (C=O) groups excluding carboxylic acids is 1. The molecule has 1 heterocycles. The second-order valence-electron chi connectivity index (χ2n) is 4.66. The van der Waals surface area contributed by atoms with Crippen molar-refractivity contribution in [2.45, 2.75) is 26.3 Å². The van der Waals surface area contributed by atoms with Crippen LogP contribution in [-0.2, 0) is 4.79 Å². The zero-order chi connectivity index (χ0) is 15.4. The first-order valence-electron chi connectivity index (χ1n) is 6.54. The van der Waals surface area contributed by atoms with Gasteiger partial charge in [0.2, 0.25) is 0 Å². The van der Waals surface area contributed by atoms with Crippen molar-refractivity contribution in [3.05, 3.63) is 41.7 Å². The van der Waals surface area contributed by atoms with Gasteiger partial charge in [-0.25, -0.2) is 9.48 Å². The molecule has 7 nitrogen and oxygen atoms in total. The minimum atomic E-state index is -1.07. The number of carbonyl (C=O) groups is 2. The van der Waals surface area contributed by atoms with Gasteiger partial charge in [-0.1, -0.05) is 29.8 Å². The first kappa shape index (κ1) is 14.7. The molecule has 0 aliphatic heterocycles. The van der Waals surface area contributed by atoms with Crippen LogP contribution in [0.2, 0.25) is 0 Å². The second kappa shape index (κ2) is 6.17. The summed E-state index contributed by atoms with van der Waals surface area (Å²) in [5, 5.41) is 19.0. The molecular formula is C14H16N4O3. The Labute approximate surface area is 121 Å². The lowest BCUT2D eigenvalue weighted by Crippen LogP contribution is -2.40. The van der Waals surface area contributed by atoms with Crippen LogP contribution in [0.3, 0.4) is 0 Å². The molecule has 1 amide bonds. The summed E-state index contributed by atoms with van der Waals surface area (Å²) in [7, 11) is 0. The summed E-state index contributed by atoms with van der Waals surface area (Å²) >= 11 is 0. The number of hydrogen-bond acceptors (Lipinski definition) is 4. The number of benzene rings is 1. The molecule has 7 heteroatoms. The van der Waals surface area contributed by atoms with Crippen LogP contribution >= 0.6 is 0 Å². The van der Waals surface area contributed by atoms with Gasteiger partial charge in [0.05, 0.1) is 11.9 Å². The van der Waals surface area contributed by atoms with Crippen LogP contribution in [-0.4, -0.2) is 38.0 Å². The van der Waals surface area contributed by atoms with E-state index in [1.54, 1.807) is 6.92 Å². The van der Waals surface area contributed by atoms with Crippen LogP contribution in [0, 0.1) is 6.92 Å². The van der Waals surface area contributed by atoms with Crippen LogP contribution in [0.4, 0.5) is 0 Å². The SMILES string of the molecule is CCC(NC(=O)c1cn(-c2ccc(C)cc2)nn1)C(=O)O. The molecule has 2 rings (SSSR count). The van der Waals surface area contributed by atoms with E-state index >= 15 is 0 Å². The molecule has 0 spiro atoms. The number of amides is 1. The van der Waals surface area contributed by atoms with Crippen molar-refractivity contribution < 1.29 is 14.7 Å². The van der Waals surface area contributed by atoms with E-state index in [1.165, 1.54) is 10.9 Å². The van der Waals surface area contributed by atoms with E-state index in [-0.39, 0.29) is 5.69 Å². The van der Waals surface area contributed by atoms with Crippen molar-refractivity contribution in [1.82, 2.24) is 20.3 Å². The van der Waals surface area contributed by atoms with Gasteiger partial charge in [0.25, 0.3) is 5.91 Å². The molecule has 110 valence electrons. The highest BCUT2D eigenvalue weighted by Gasteiger charge is 2.20. The molecule has 1 atom stereocenters. The fourth-order valence-electron chi connectivity index (χ4n) is 1.76. The van der Waals surface area contributed by atoms with Gasteiger partial charge < -0.3 is 10.4 Å². The quantitative estimate of drug-likeness (QED) is 0.860. The van der Waals surface area contributed by atoms with Gasteiger partial charge in [0.15, 0.2) is 5.69 Å². The van der Waals surface area contributed by atoms with Gasteiger partial charge >= 0.3 is 5.97 Å². The molecule has 0 saturated heterocycles. The molecule has 1 aromatic heterocycles. The Bertz CT molecular complexity index is 648. The Morgan fingerprint density at radius 2 is 2.00 bits per heavy atom. The second-order valence-corrected chi connectivity index (χ2v) is 4.66. The molecule has 0 aliphatic rings. The highest BCUT2D eigenvalue weighted by atomic mass is 16.4. The summed E-state index contributed by atoms with van der Waals surface area (Å²) in [6, 6.07) is 6.64. The third-order valence-electron chi connectivity index (χ3n) is 3.04. The summed E-state index contributed by atoms with van der Waals surface area (Å²) in [5.74, 6) is -1.63. The molecule has 0 radical (unpaired) electrons. The van der Waals surface area contributed by atoms with Crippen molar-refractivity contribution >= 4 is 11.9 Å². The number of hydrogen-bond donors (Lipinski definition) is 2. The number of carboxylic acids is 1. The zero-order valence-electron chi connectivity index (χ0n) is 11.8. The monoisotopic (exact) mass is 288 g/mol. The smallest absolute Gasteiger partial charge is 0.326 e. The van der Waals surface area contributed by atoms with Gasteiger partial charge in [-0.3, -0.25) is 4.79 Å². The standard InChI is InChI=1S/C14H16N4O3/c1-3-11(14(20)21)15-13(19)12-8-18(17-16-12)10-6-4-9(2)5-7-10/h4-8,11H,3H2,1-2H3,(H,15,19)(H,20,21). The maximum atomic E-state index is 11.9. The van der Waals surface area contributed by atoms with E-state index in [0.29, 0.717) is 6.42 Å². The van der Waals surface area contributed by atoms with Crippen molar-refractivity contribution in [1.29, 1.82) is 0 Å². The average molecular weight is 288 g/mol. The third kappa shape index (κ3) is 3.44. The zero-order valence-corrected chi connectivity index (χ0v) is 11.8. The van der Waals surface area contributed by atoms with E-state index in [0.717, 1.165) is 11.3 Å². The van der Waals surface area contributed by atoms with Crippen molar-refractivity contribution in [2.24, 2.45) is 0 Å². The van der Waals surface area contributed by atoms with Gasteiger partial charge in [0, 0.05) is 0 Å². The third-order valence-corrected chi connectivity index (χ3v) is 3.04. The van der Waals surface area contributed by atoms with Gasteiger partial charge in [-0.2, -0.15) is 0 Å². The molecule has 1 unspecified atom stereocenters. The Morgan fingerprint density at radius 1 is 1.33 bits per heavy atom. The Kier molecular flexibility index (Phi) is 4.32. The highest BCUT2D eigenvalue weighted by Crippen LogP contribution is 2.08. The molecule has 2 N–H and O–H groups in total. The fourth-order valence-corrected chi connectivity index (χ4v) is 1.76. The van der Waals surface area contributed by atoms with Crippen LogP contribution in [0.1, 0.15) is 29.4 Å². The topological polar surface area (TPSA) is 97.1 Å². The number of aliphatic carboxylic acids is 1. The summed E-state index contributed by atoms with van der Waals surface area (Å²) in [6.45, 7) is 3.66. The summed E-state index contributed by atoms with van der Waals surface area (Å²) in [6.07, 6.45) is 1.77. The van der Waals surface area contributed by atoms with Gasteiger partial charge in [0.1, 0.15) is 6.04 Å². The molecular weight excluding hydrogens is 272 g/mol. The lowest BCUT2D eigenvalue weighted by Gasteiger charge is -2.10. The first-order valence-corrected chi connectivity index (χ1v) is 6.54. The van der Waals surface area contributed by atoms with Crippen molar-refractivity contribution in [3.63, 3.8) is 0 Å². The van der Waals surface area contributed by atoms with E-state index < -0.39 is 17.9 Å². The minimum absolute atomic E-state index is 0.0790. The first-order chi connectivity index (χ1) is 10.0. The molecule has 1 aromatic carbocycles. The molecule has 0 saturated carbocycles. The number of rotatable bonds is 5. The van der Waals surface area contributed by atoms with Gasteiger partial charge in [-0.05, 0) is 25.5 Å². The Balaban J connectivity index is 2.14. The average Bonchev–Trinajstić information content (AvgIpc) is 2.94. The van der Waals surface area contributed by atoms with E-state index in [1.807, 2.05) is 31.2 Å². The number of carboxylic acid groups (broad SMARTS) is 1. The van der Waals surface area contributed by atoms with Crippen LogP contribution in [0.25, 0.3) is 5.69 Å². The predicted molar refractivity (Wildman–Crippen MR) is 75.3 cm³/mol. The Hall–Kier alpha value is -2.70. The number of aromatic nitrogens is 3. The maximum Gasteiger partial charge on any atom is 0.326 e. The maximum absolute atomic E-state index is 11.9. The molecule has 0 aliphatic carbocycles. The lowest BCUT2D eigenvalue weighted by atomic mass is 10.2. The normalized spacial score (nSPS) is 11.9. The predicted octanol–water partition coefficient (Wildman–Crippen LogP) is 1.17. The lowest BCUT2D eigenvalue weighted by molar-refractivity contribution is -0.139. The summed E-state index contributed by atoms with van der Waals surface area (Å²) in [5.41, 5.74) is 1.97. The number of aryl methyl sites for hydroxylation is 1. The number of nitrogens with one attached hydrogen (secondary N) is 1. The van der Waals surface area contributed by atoms with E-state index in [2.05, 4.69) is 15.6 Å². The van der Waals surface area contributed by atoms with E-state index in [4.69, 9.17) is 5.11 Å². The van der Waals surface area contributed by atoms with Crippen molar-refractivity contribution in [3.8, 4) is 5.69 Å².